The van der Waals surface area contributed by atoms with E-state index in [1.54, 1.807) is 7.11 Å². The average molecular weight is 202 g/mol. The van der Waals surface area contributed by atoms with Gasteiger partial charge in [-0.3, -0.25) is 5.10 Å². The van der Waals surface area contributed by atoms with Crippen molar-refractivity contribution in [3.8, 4) is 17.1 Å². The van der Waals surface area contributed by atoms with Crippen LogP contribution < -0.4 is 4.74 Å². The van der Waals surface area contributed by atoms with Crippen LogP contribution in [-0.2, 0) is 0 Å². The molecule has 0 bridgehead atoms. The number of aryl methyl sites for hydroxylation is 2. The maximum absolute atomic E-state index is 5.05. The van der Waals surface area contributed by atoms with Crippen LogP contribution in [0.3, 0.4) is 0 Å². The fraction of sp³-hybridized carbons (Fsp3) is 0.250. The van der Waals surface area contributed by atoms with Crippen molar-refractivity contribution in [2.24, 2.45) is 0 Å². The summed E-state index contributed by atoms with van der Waals surface area (Å²) in [6.07, 6.45) is 0. The zero-order valence-electron chi connectivity index (χ0n) is 9.16. The fourth-order valence-corrected chi connectivity index (χ4v) is 1.78. The van der Waals surface area contributed by atoms with E-state index < -0.39 is 0 Å². The number of methoxy groups -OCH3 is 1. The van der Waals surface area contributed by atoms with Crippen LogP contribution in [0.2, 0.25) is 0 Å². The third kappa shape index (κ3) is 1.73. The number of aromatic amines is 1. The highest BCUT2D eigenvalue weighted by atomic mass is 16.5. The predicted molar refractivity (Wildman–Crippen MR) is 60.0 cm³/mol. The Morgan fingerprint density at radius 3 is 2.40 bits per heavy atom. The maximum atomic E-state index is 5.05. The highest BCUT2D eigenvalue weighted by molar-refractivity contribution is 5.67. The van der Waals surface area contributed by atoms with Crippen LogP contribution in [0, 0.1) is 13.8 Å². The lowest BCUT2D eigenvalue weighted by Gasteiger charge is -2.06. The molecule has 0 aliphatic heterocycles. The minimum atomic E-state index is 0.618. The van der Waals surface area contributed by atoms with Gasteiger partial charge in [-0.05, 0) is 25.0 Å². The number of hydrogen-bond donors (Lipinski definition) is 1. The summed E-state index contributed by atoms with van der Waals surface area (Å²) in [5.41, 5.74) is 4.68. The highest BCUT2D eigenvalue weighted by Crippen LogP contribution is 2.27. The molecule has 2 aromatic rings. The first kappa shape index (κ1) is 9.77. The van der Waals surface area contributed by atoms with E-state index in [9.17, 15) is 0 Å². The molecule has 1 heterocycles. The van der Waals surface area contributed by atoms with E-state index in [2.05, 4.69) is 42.2 Å². The van der Waals surface area contributed by atoms with Gasteiger partial charge in [0.2, 0.25) is 5.88 Å². The maximum Gasteiger partial charge on any atom is 0.232 e. The normalized spacial score (nSPS) is 10.3. The number of nitrogens with zero attached hydrogens (tertiary/aromatic N) is 1. The summed E-state index contributed by atoms with van der Waals surface area (Å²) in [6.45, 7) is 4.19. The molecule has 0 radical (unpaired) electrons. The van der Waals surface area contributed by atoms with E-state index in [0.29, 0.717) is 5.88 Å². The first-order valence-electron chi connectivity index (χ1n) is 4.88. The van der Waals surface area contributed by atoms with Crippen LogP contribution in [0.4, 0.5) is 0 Å². The Hall–Kier alpha value is -1.77. The van der Waals surface area contributed by atoms with Crippen molar-refractivity contribution in [2.75, 3.05) is 7.11 Å². The van der Waals surface area contributed by atoms with Crippen molar-refractivity contribution in [2.45, 2.75) is 13.8 Å². The molecule has 0 spiro atoms. The number of nitrogens with one attached hydrogen (secondary N) is 1. The standard InChI is InChI=1S/C12H14N2O/c1-8-5-4-6-9(2)12(8)10-7-11(15-3)14-13-10/h4-7H,1-3H3,(H,13,14). The summed E-state index contributed by atoms with van der Waals surface area (Å²) < 4.78 is 5.05. The molecule has 1 N–H and O–H groups in total. The van der Waals surface area contributed by atoms with Crippen molar-refractivity contribution in [1.29, 1.82) is 0 Å². The monoisotopic (exact) mass is 202 g/mol. The van der Waals surface area contributed by atoms with Gasteiger partial charge < -0.3 is 4.74 Å². The Bertz CT molecular complexity index is 454. The van der Waals surface area contributed by atoms with Gasteiger partial charge in [0.25, 0.3) is 0 Å². The largest absolute Gasteiger partial charge is 0.480 e. The molecule has 0 saturated heterocycles. The third-order valence-electron chi connectivity index (χ3n) is 2.51. The molecule has 0 aliphatic rings. The second-order valence-electron chi connectivity index (χ2n) is 3.59. The van der Waals surface area contributed by atoms with Crippen molar-refractivity contribution >= 4 is 0 Å². The van der Waals surface area contributed by atoms with E-state index in [4.69, 9.17) is 4.74 Å². The Morgan fingerprint density at radius 1 is 1.20 bits per heavy atom. The van der Waals surface area contributed by atoms with Gasteiger partial charge in [-0.25, -0.2) is 0 Å². The van der Waals surface area contributed by atoms with Gasteiger partial charge in [0.05, 0.1) is 12.8 Å². The smallest absolute Gasteiger partial charge is 0.232 e. The Kier molecular flexibility index (Phi) is 2.46. The molecular formula is C12H14N2O. The quantitative estimate of drug-likeness (QED) is 0.813. The summed E-state index contributed by atoms with van der Waals surface area (Å²) in [6, 6.07) is 8.16. The molecular weight excluding hydrogens is 188 g/mol. The average Bonchev–Trinajstić information content (AvgIpc) is 2.66. The first-order chi connectivity index (χ1) is 7.22. The van der Waals surface area contributed by atoms with E-state index in [0.717, 1.165) is 5.69 Å². The molecule has 0 unspecified atom stereocenters. The van der Waals surface area contributed by atoms with Crippen LogP contribution in [0.15, 0.2) is 24.3 Å². The molecule has 3 heteroatoms. The van der Waals surface area contributed by atoms with Crippen LogP contribution in [0.1, 0.15) is 11.1 Å². The Labute approximate surface area is 89.1 Å². The second kappa shape index (κ2) is 3.77. The molecule has 1 aromatic carbocycles. The Morgan fingerprint density at radius 2 is 1.87 bits per heavy atom. The van der Waals surface area contributed by atoms with Gasteiger partial charge in [0.15, 0.2) is 0 Å². The number of rotatable bonds is 2. The van der Waals surface area contributed by atoms with Crippen molar-refractivity contribution in [1.82, 2.24) is 10.2 Å². The predicted octanol–water partition coefficient (Wildman–Crippen LogP) is 2.70. The van der Waals surface area contributed by atoms with E-state index in [1.165, 1.54) is 16.7 Å². The summed E-state index contributed by atoms with van der Waals surface area (Å²) in [4.78, 5) is 0. The number of H-pyrrole nitrogens is 1. The fourth-order valence-electron chi connectivity index (χ4n) is 1.78. The zero-order valence-corrected chi connectivity index (χ0v) is 9.16. The highest BCUT2D eigenvalue weighted by Gasteiger charge is 2.08. The topological polar surface area (TPSA) is 37.9 Å². The molecule has 0 saturated carbocycles. The van der Waals surface area contributed by atoms with Gasteiger partial charge in [-0.1, -0.05) is 18.2 Å². The summed E-state index contributed by atoms with van der Waals surface area (Å²) in [5.74, 6) is 0.618. The second-order valence-corrected chi connectivity index (χ2v) is 3.59. The van der Waals surface area contributed by atoms with Crippen molar-refractivity contribution in [3.05, 3.63) is 35.4 Å². The lowest BCUT2D eigenvalue weighted by atomic mass is 10.0. The molecule has 2 rings (SSSR count). The summed E-state index contributed by atoms with van der Waals surface area (Å²) in [7, 11) is 1.62. The molecule has 1 aromatic heterocycles. The zero-order chi connectivity index (χ0) is 10.8. The van der Waals surface area contributed by atoms with Gasteiger partial charge in [0.1, 0.15) is 0 Å². The lowest BCUT2D eigenvalue weighted by molar-refractivity contribution is 0.397. The third-order valence-corrected chi connectivity index (χ3v) is 2.51. The number of aromatic nitrogens is 2. The summed E-state index contributed by atoms with van der Waals surface area (Å²) >= 11 is 0. The van der Waals surface area contributed by atoms with E-state index in [1.807, 2.05) is 6.07 Å². The van der Waals surface area contributed by atoms with Crippen LogP contribution in [0.25, 0.3) is 11.3 Å². The molecule has 78 valence electrons. The van der Waals surface area contributed by atoms with Gasteiger partial charge >= 0.3 is 0 Å². The number of benzene rings is 1. The summed E-state index contributed by atoms with van der Waals surface area (Å²) in [5, 5.41) is 7.03. The van der Waals surface area contributed by atoms with E-state index >= 15 is 0 Å². The van der Waals surface area contributed by atoms with Crippen LogP contribution in [-0.4, -0.2) is 17.3 Å². The number of ether oxygens (including phenoxy) is 1. The molecule has 0 aliphatic carbocycles. The first-order valence-corrected chi connectivity index (χ1v) is 4.88. The molecule has 0 fully saturated rings. The Balaban J connectivity index is 2.53. The van der Waals surface area contributed by atoms with Gasteiger partial charge in [0, 0.05) is 11.6 Å². The molecule has 0 amide bonds. The molecule has 15 heavy (non-hydrogen) atoms. The molecule has 0 atom stereocenters. The SMILES string of the molecule is COc1cc(-c2c(C)cccc2C)[nH]n1. The molecule has 3 nitrogen and oxygen atoms in total. The minimum absolute atomic E-state index is 0.618. The van der Waals surface area contributed by atoms with Crippen LogP contribution in [0.5, 0.6) is 5.88 Å². The van der Waals surface area contributed by atoms with Gasteiger partial charge in [-0.2, -0.15) is 0 Å². The van der Waals surface area contributed by atoms with E-state index in [-0.39, 0.29) is 0 Å². The van der Waals surface area contributed by atoms with Crippen molar-refractivity contribution in [3.63, 3.8) is 0 Å². The van der Waals surface area contributed by atoms with Crippen molar-refractivity contribution < 1.29 is 4.74 Å². The number of hydrogen-bond acceptors (Lipinski definition) is 2. The lowest BCUT2D eigenvalue weighted by Crippen LogP contribution is -1.87. The van der Waals surface area contributed by atoms with Gasteiger partial charge in [-0.15, -0.1) is 5.10 Å². The minimum Gasteiger partial charge on any atom is -0.480 e. The van der Waals surface area contributed by atoms with Crippen LogP contribution >= 0.6 is 0 Å².